The van der Waals surface area contributed by atoms with Crippen LogP contribution >= 0.6 is 11.6 Å². The van der Waals surface area contributed by atoms with Crippen LogP contribution in [0, 0.1) is 0 Å². The molecule has 0 unspecified atom stereocenters. The zero-order chi connectivity index (χ0) is 15.2. The Morgan fingerprint density at radius 2 is 2.19 bits per heavy atom. The van der Waals surface area contributed by atoms with Crippen molar-refractivity contribution in [2.75, 3.05) is 0 Å². The molecule has 0 aliphatic carbocycles. The van der Waals surface area contributed by atoms with Gasteiger partial charge in [0.15, 0.2) is 5.82 Å². The van der Waals surface area contributed by atoms with E-state index in [1.165, 1.54) is 0 Å². The normalized spacial score (nSPS) is 11.1. The van der Waals surface area contributed by atoms with Crippen LogP contribution in [0.2, 0.25) is 5.02 Å². The van der Waals surface area contributed by atoms with Gasteiger partial charge >= 0.3 is 0 Å². The van der Waals surface area contributed by atoms with Crippen molar-refractivity contribution in [2.45, 2.75) is 46.5 Å². The first-order chi connectivity index (χ1) is 10.1. The summed E-state index contributed by atoms with van der Waals surface area (Å²) in [7, 11) is 0. The molecule has 0 aliphatic heterocycles. The van der Waals surface area contributed by atoms with Crippen LogP contribution in [0.4, 0.5) is 0 Å². The number of nitrogens with zero attached hydrogens (tertiary/aromatic N) is 3. The summed E-state index contributed by atoms with van der Waals surface area (Å²) in [5.41, 5.74) is 1.04. The van der Waals surface area contributed by atoms with Crippen LogP contribution in [-0.4, -0.2) is 20.8 Å². The molecule has 0 saturated carbocycles. The van der Waals surface area contributed by atoms with Crippen molar-refractivity contribution in [3.05, 3.63) is 40.9 Å². The summed E-state index contributed by atoms with van der Waals surface area (Å²) in [6.45, 7) is 8.13. The minimum Gasteiger partial charge on any atom is -0.485 e. The Morgan fingerprint density at radius 1 is 1.38 bits per heavy atom. The van der Waals surface area contributed by atoms with Gasteiger partial charge in [0, 0.05) is 29.7 Å². The van der Waals surface area contributed by atoms with Crippen molar-refractivity contribution in [1.29, 1.82) is 0 Å². The molecular formula is C15H21ClN4O. The summed E-state index contributed by atoms with van der Waals surface area (Å²) < 4.78 is 7.71. The van der Waals surface area contributed by atoms with Crippen molar-refractivity contribution in [3.63, 3.8) is 0 Å². The zero-order valence-electron chi connectivity index (χ0n) is 12.6. The minimum absolute atomic E-state index is 0.393. The van der Waals surface area contributed by atoms with Gasteiger partial charge in [-0.3, -0.25) is 0 Å². The molecule has 2 aromatic rings. The second-order valence-corrected chi connectivity index (χ2v) is 5.50. The summed E-state index contributed by atoms with van der Waals surface area (Å²) in [5, 5.41) is 8.22. The van der Waals surface area contributed by atoms with Crippen LogP contribution in [0.15, 0.2) is 24.5 Å². The Labute approximate surface area is 130 Å². The van der Waals surface area contributed by atoms with Crippen molar-refractivity contribution in [3.8, 4) is 5.75 Å². The van der Waals surface area contributed by atoms with Crippen molar-refractivity contribution in [1.82, 2.24) is 20.1 Å². The number of nitrogens with one attached hydrogen (secondary N) is 1. The lowest BCUT2D eigenvalue weighted by Crippen LogP contribution is -2.22. The highest BCUT2D eigenvalue weighted by Gasteiger charge is 2.08. The lowest BCUT2D eigenvalue weighted by atomic mass is 10.2. The minimum atomic E-state index is 0.393. The second-order valence-electron chi connectivity index (χ2n) is 5.07. The third-order valence-electron chi connectivity index (χ3n) is 3.08. The van der Waals surface area contributed by atoms with E-state index in [1.54, 1.807) is 6.33 Å². The molecule has 0 bridgehead atoms. The van der Waals surface area contributed by atoms with Crippen LogP contribution < -0.4 is 10.1 Å². The van der Waals surface area contributed by atoms with Gasteiger partial charge in [-0.15, -0.1) is 0 Å². The van der Waals surface area contributed by atoms with Crippen LogP contribution in [0.1, 0.15) is 32.2 Å². The van der Waals surface area contributed by atoms with Gasteiger partial charge < -0.3 is 10.1 Å². The average molecular weight is 309 g/mol. The van der Waals surface area contributed by atoms with Crippen molar-refractivity contribution in [2.24, 2.45) is 0 Å². The maximum atomic E-state index is 6.07. The number of aryl methyl sites for hydroxylation is 1. The van der Waals surface area contributed by atoms with Gasteiger partial charge in [-0.2, -0.15) is 5.10 Å². The topological polar surface area (TPSA) is 52.0 Å². The van der Waals surface area contributed by atoms with E-state index >= 15 is 0 Å². The van der Waals surface area contributed by atoms with E-state index in [0.717, 1.165) is 23.7 Å². The molecule has 0 radical (unpaired) electrons. The molecule has 1 heterocycles. The van der Waals surface area contributed by atoms with E-state index in [2.05, 4.69) is 29.2 Å². The van der Waals surface area contributed by atoms with E-state index < -0.39 is 0 Å². The monoisotopic (exact) mass is 308 g/mol. The molecule has 0 fully saturated rings. The number of rotatable bonds is 7. The van der Waals surface area contributed by atoms with Crippen LogP contribution in [0.5, 0.6) is 5.75 Å². The molecule has 1 aromatic carbocycles. The first kappa shape index (κ1) is 15.8. The Morgan fingerprint density at radius 3 is 2.90 bits per heavy atom. The highest BCUT2D eigenvalue weighted by Crippen LogP contribution is 2.23. The summed E-state index contributed by atoms with van der Waals surface area (Å²) >= 11 is 6.07. The number of hydrogen-bond acceptors (Lipinski definition) is 4. The van der Waals surface area contributed by atoms with Gasteiger partial charge in [-0.05, 0) is 25.1 Å². The Kier molecular flexibility index (Phi) is 5.59. The van der Waals surface area contributed by atoms with E-state index in [0.29, 0.717) is 24.2 Å². The molecular weight excluding hydrogens is 288 g/mol. The van der Waals surface area contributed by atoms with Crippen molar-refractivity contribution >= 4 is 11.6 Å². The van der Waals surface area contributed by atoms with Gasteiger partial charge in [0.2, 0.25) is 0 Å². The predicted octanol–water partition coefficient (Wildman–Crippen LogP) is 3.03. The summed E-state index contributed by atoms with van der Waals surface area (Å²) in [6, 6.07) is 6.06. The highest BCUT2D eigenvalue weighted by molar-refractivity contribution is 6.30. The summed E-state index contributed by atoms with van der Waals surface area (Å²) in [6.07, 6.45) is 1.55. The first-order valence-corrected chi connectivity index (χ1v) is 7.49. The number of hydrogen-bond donors (Lipinski definition) is 1. The average Bonchev–Trinajstić information content (AvgIpc) is 2.91. The summed E-state index contributed by atoms with van der Waals surface area (Å²) in [4.78, 5) is 4.21. The molecule has 21 heavy (non-hydrogen) atoms. The van der Waals surface area contributed by atoms with Crippen molar-refractivity contribution < 1.29 is 4.74 Å². The molecule has 0 amide bonds. The Bertz CT molecular complexity index is 583. The Hall–Kier alpha value is -1.59. The fourth-order valence-corrected chi connectivity index (χ4v) is 2.14. The molecule has 0 spiro atoms. The molecule has 1 aromatic heterocycles. The van der Waals surface area contributed by atoms with E-state index in [1.807, 2.05) is 29.8 Å². The van der Waals surface area contributed by atoms with Gasteiger partial charge in [-0.1, -0.05) is 25.4 Å². The molecule has 0 aliphatic rings. The zero-order valence-corrected chi connectivity index (χ0v) is 13.4. The van der Waals surface area contributed by atoms with Crippen LogP contribution in [0.3, 0.4) is 0 Å². The van der Waals surface area contributed by atoms with Gasteiger partial charge in [0.1, 0.15) is 18.7 Å². The largest absolute Gasteiger partial charge is 0.485 e. The fraction of sp³-hybridized carbons (Fsp3) is 0.467. The predicted molar refractivity (Wildman–Crippen MR) is 83.5 cm³/mol. The lowest BCUT2D eigenvalue weighted by molar-refractivity contribution is 0.283. The molecule has 114 valence electrons. The van der Waals surface area contributed by atoms with Crippen LogP contribution in [-0.2, 0) is 19.7 Å². The highest BCUT2D eigenvalue weighted by atomic mass is 35.5. The third-order valence-corrected chi connectivity index (χ3v) is 3.31. The molecule has 0 atom stereocenters. The van der Waals surface area contributed by atoms with Gasteiger partial charge in [-0.25, -0.2) is 9.67 Å². The number of halogens is 1. The molecule has 2 rings (SSSR count). The third kappa shape index (κ3) is 4.44. The SMILES string of the molecule is CCn1ncnc1COc1ccc(Cl)cc1CNC(C)C. The molecule has 1 N–H and O–H groups in total. The smallest absolute Gasteiger partial charge is 0.164 e. The van der Waals surface area contributed by atoms with E-state index in [4.69, 9.17) is 16.3 Å². The number of benzene rings is 1. The quantitative estimate of drug-likeness (QED) is 0.854. The van der Waals surface area contributed by atoms with E-state index in [9.17, 15) is 0 Å². The first-order valence-electron chi connectivity index (χ1n) is 7.11. The van der Waals surface area contributed by atoms with Crippen LogP contribution in [0.25, 0.3) is 0 Å². The molecule has 0 saturated heterocycles. The molecule has 5 nitrogen and oxygen atoms in total. The number of ether oxygens (including phenoxy) is 1. The Balaban J connectivity index is 2.08. The summed E-state index contributed by atoms with van der Waals surface area (Å²) in [5.74, 6) is 1.63. The lowest BCUT2D eigenvalue weighted by Gasteiger charge is -2.14. The number of aromatic nitrogens is 3. The maximum Gasteiger partial charge on any atom is 0.164 e. The molecule has 6 heteroatoms. The van der Waals surface area contributed by atoms with E-state index in [-0.39, 0.29) is 0 Å². The second kappa shape index (κ2) is 7.43. The maximum absolute atomic E-state index is 6.07. The standard InChI is InChI=1S/C15H21ClN4O/c1-4-20-15(18-10-19-20)9-21-14-6-5-13(16)7-12(14)8-17-11(2)3/h5-7,10-11,17H,4,8-9H2,1-3H3. The van der Waals surface area contributed by atoms with Gasteiger partial charge in [0.25, 0.3) is 0 Å². The van der Waals surface area contributed by atoms with Gasteiger partial charge in [0.05, 0.1) is 0 Å². The fourth-order valence-electron chi connectivity index (χ4n) is 1.95.